The minimum atomic E-state index is -0.296. The molecule has 1 aromatic heterocycles. The van der Waals surface area contributed by atoms with Crippen LogP contribution in [0.15, 0.2) is 0 Å². The van der Waals surface area contributed by atoms with Crippen molar-refractivity contribution in [2.45, 2.75) is 32.9 Å². The normalized spacial score (nSPS) is 12.4. The maximum atomic E-state index is 12.2. The summed E-state index contributed by atoms with van der Waals surface area (Å²) >= 11 is 0. The van der Waals surface area contributed by atoms with Crippen molar-refractivity contribution in [2.24, 2.45) is 0 Å². The number of hydrogen-bond acceptors (Lipinski definition) is 5. The maximum absolute atomic E-state index is 12.2. The number of methoxy groups -OCH3 is 1. The molecule has 0 saturated heterocycles. The molecule has 0 aliphatic heterocycles. The maximum Gasteiger partial charge on any atom is 0.272 e. The molecule has 108 valence electrons. The number of aliphatic hydroxyl groups is 1. The molecule has 1 heterocycles. The summed E-state index contributed by atoms with van der Waals surface area (Å²) in [6.45, 7) is 4.54. The summed E-state index contributed by atoms with van der Waals surface area (Å²) in [5, 5.41) is 16.0. The third-order valence-corrected chi connectivity index (χ3v) is 2.87. The van der Waals surface area contributed by atoms with Crippen LogP contribution in [0.5, 0.6) is 0 Å². The van der Waals surface area contributed by atoms with Crippen LogP contribution in [0, 0.1) is 6.92 Å². The summed E-state index contributed by atoms with van der Waals surface area (Å²) in [5.41, 5.74) is 7.26. The summed E-state index contributed by atoms with van der Waals surface area (Å²) in [6, 6.07) is -0.248. The van der Waals surface area contributed by atoms with Gasteiger partial charge in [0.25, 0.3) is 5.91 Å². The lowest BCUT2D eigenvalue weighted by Crippen LogP contribution is -2.39. The van der Waals surface area contributed by atoms with E-state index in [0.717, 1.165) is 0 Å². The number of nitrogens with two attached hydrogens (primary N) is 1. The second-order valence-electron chi connectivity index (χ2n) is 4.30. The Morgan fingerprint density at radius 2 is 2.32 bits per heavy atom. The minimum Gasteiger partial charge on any atom is -0.396 e. The molecule has 1 rings (SSSR count). The van der Waals surface area contributed by atoms with Gasteiger partial charge in [0, 0.05) is 20.3 Å². The smallest absolute Gasteiger partial charge is 0.272 e. The molecular weight excluding hydrogens is 248 g/mol. The second kappa shape index (κ2) is 7.10. The number of anilines is 1. The number of carbonyl (C=O) groups excluding carboxylic acids is 1. The van der Waals surface area contributed by atoms with E-state index in [9.17, 15) is 4.79 Å². The van der Waals surface area contributed by atoms with Crippen LogP contribution in [0.3, 0.4) is 0 Å². The minimum absolute atomic E-state index is 0.0180. The number of aliphatic hydroxyl groups excluding tert-OH is 1. The molecule has 4 N–H and O–H groups in total. The van der Waals surface area contributed by atoms with Gasteiger partial charge in [-0.2, -0.15) is 5.10 Å². The van der Waals surface area contributed by atoms with Crippen LogP contribution in [0.2, 0.25) is 0 Å². The highest BCUT2D eigenvalue weighted by molar-refractivity contribution is 5.98. The van der Waals surface area contributed by atoms with Crippen molar-refractivity contribution in [3.63, 3.8) is 0 Å². The molecule has 7 heteroatoms. The molecule has 1 atom stereocenters. The third-order valence-electron chi connectivity index (χ3n) is 2.87. The van der Waals surface area contributed by atoms with Gasteiger partial charge in [-0.15, -0.1) is 0 Å². The molecule has 19 heavy (non-hydrogen) atoms. The molecule has 0 fully saturated rings. The predicted octanol–water partition coefficient (Wildman–Crippen LogP) is -0.0792. The Balaban J connectivity index is 2.87. The van der Waals surface area contributed by atoms with Crippen molar-refractivity contribution >= 4 is 11.6 Å². The molecular formula is C12H22N4O3. The molecule has 0 saturated carbocycles. The number of rotatable bonds is 7. The fraction of sp³-hybridized carbons (Fsp3) is 0.667. The average Bonchev–Trinajstić information content (AvgIpc) is 2.66. The fourth-order valence-electron chi connectivity index (χ4n) is 1.87. The van der Waals surface area contributed by atoms with Gasteiger partial charge in [-0.25, -0.2) is 0 Å². The van der Waals surface area contributed by atoms with Crippen LogP contribution in [-0.2, 0) is 11.3 Å². The Morgan fingerprint density at radius 1 is 1.63 bits per heavy atom. The van der Waals surface area contributed by atoms with E-state index >= 15 is 0 Å². The van der Waals surface area contributed by atoms with Gasteiger partial charge in [0.15, 0.2) is 0 Å². The van der Waals surface area contributed by atoms with E-state index in [4.69, 9.17) is 15.6 Å². The molecule has 0 radical (unpaired) electrons. The number of carbonyl (C=O) groups is 1. The highest BCUT2D eigenvalue weighted by Crippen LogP contribution is 2.16. The standard InChI is InChI=1S/C12H22N4O3/c1-4-16-11(10(13)8(2)15-16)12(18)14-9(5-6-17)7-19-3/h9,17H,4-7,13H2,1-3H3,(H,14,18). The van der Waals surface area contributed by atoms with E-state index in [1.165, 1.54) is 0 Å². The number of nitrogens with one attached hydrogen (secondary N) is 1. The molecule has 0 aliphatic rings. The van der Waals surface area contributed by atoms with Gasteiger partial charge >= 0.3 is 0 Å². The first-order chi connectivity index (χ1) is 9.04. The SMILES string of the molecule is CCn1nc(C)c(N)c1C(=O)NC(CCO)COC. The van der Waals surface area contributed by atoms with Crippen LogP contribution < -0.4 is 11.1 Å². The molecule has 1 amide bonds. The number of ether oxygens (including phenoxy) is 1. The zero-order valence-corrected chi connectivity index (χ0v) is 11.6. The van der Waals surface area contributed by atoms with Gasteiger partial charge in [0.2, 0.25) is 0 Å². The van der Waals surface area contributed by atoms with Crippen LogP contribution in [0.4, 0.5) is 5.69 Å². The number of aryl methyl sites for hydroxylation is 2. The van der Waals surface area contributed by atoms with Crippen LogP contribution in [0.1, 0.15) is 29.5 Å². The molecule has 0 aliphatic carbocycles. The number of aromatic nitrogens is 2. The Hall–Kier alpha value is -1.60. The lowest BCUT2D eigenvalue weighted by atomic mass is 10.2. The Labute approximate surface area is 112 Å². The third kappa shape index (κ3) is 3.68. The zero-order valence-electron chi connectivity index (χ0n) is 11.6. The Kier molecular flexibility index (Phi) is 5.78. The van der Waals surface area contributed by atoms with E-state index in [0.29, 0.717) is 36.6 Å². The lowest BCUT2D eigenvalue weighted by molar-refractivity contribution is 0.0869. The van der Waals surface area contributed by atoms with E-state index in [1.54, 1.807) is 18.7 Å². The van der Waals surface area contributed by atoms with Crippen LogP contribution in [0.25, 0.3) is 0 Å². The Bertz CT molecular complexity index is 425. The van der Waals surface area contributed by atoms with Crippen molar-refractivity contribution in [3.05, 3.63) is 11.4 Å². The molecule has 0 spiro atoms. The van der Waals surface area contributed by atoms with Crippen molar-refractivity contribution in [1.29, 1.82) is 0 Å². The summed E-state index contributed by atoms with van der Waals surface area (Å²) in [5.74, 6) is -0.296. The van der Waals surface area contributed by atoms with Crippen molar-refractivity contribution in [3.8, 4) is 0 Å². The first kappa shape index (κ1) is 15.5. The van der Waals surface area contributed by atoms with Gasteiger partial charge in [-0.3, -0.25) is 9.48 Å². The summed E-state index contributed by atoms with van der Waals surface area (Å²) in [6.07, 6.45) is 0.429. The molecule has 1 aromatic rings. The summed E-state index contributed by atoms with van der Waals surface area (Å²) in [4.78, 5) is 12.2. The molecule has 0 bridgehead atoms. The first-order valence-corrected chi connectivity index (χ1v) is 6.28. The first-order valence-electron chi connectivity index (χ1n) is 6.28. The van der Waals surface area contributed by atoms with E-state index in [-0.39, 0.29) is 18.6 Å². The number of nitrogen functional groups attached to an aromatic ring is 1. The largest absolute Gasteiger partial charge is 0.396 e. The Morgan fingerprint density at radius 3 is 2.84 bits per heavy atom. The molecule has 0 aromatic carbocycles. The van der Waals surface area contributed by atoms with Crippen molar-refractivity contribution in [2.75, 3.05) is 26.1 Å². The molecule has 1 unspecified atom stereocenters. The van der Waals surface area contributed by atoms with Crippen molar-refractivity contribution < 1.29 is 14.6 Å². The fourth-order valence-corrected chi connectivity index (χ4v) is 1.87. The van der Waals surface area contributed by atoms with Gasteiger partial charge in [-0.05, 0) is 20.3 Å². The van der Waals surface area contributed by atoms with Gasteiger partial charge in [-0.1, -0.05) is 0 Å². The molecule has 7 nitrogen and oxygen atoms in total. The van der Waals surface area contributed by atoms with E-state index < -0.39 is 0 Å². The van der Waals surface area contributed by atoms with Gasteiger partial charge in [0.05, 0.1) is 24.0 Å². The monoisotopic (exact) mass is 270 g/mol. The summed E-state index contributed by atoms with van der Waals surface area (Å²) in [7, 11) is 1.55. The average molecular weight is 270 g/mol. The van der Waals surface area contributed by atoms with E-state index in [2.05, 4.69) is 10.4 Å². The second-order valence-corrected chi connectivity index (χ2v) is 4.30. The van der Waals surface area contributed by atoms with E-state index in [1.807, 2.05) is 6.92 Å². The number of nitrogens with zero attached hydrogens (tertiary/aromatic N) is 2. The summed E-state index contributed by atoms with van der Waals surface area (Å²) < 4.78 is 6.58. The predicted molar refractivity (Wildman–Crippen MR) is 71.9 cm³/mol. The van der Waals surface area contributed by atoms with Crippen molar-refractivity contribution in [1.82, 2.24) is 15.1 Å². The van der Waals surface area contributed by atoms with Crippen LogP contribution in [-0.4, -0.2) is 47.2 Å². The highest BCUT2D eigenvalue weighted by atomic mass is 16.5. The lowest BCUT2D eigenvalue weighted by Gasteiger charge is -2.17. The zero-order chi connectivity index (χ0) is 14.4. The quantitative estimate of drug-likeness (QED) is 0.643. The number of amides is 1. The highest BCUT2D eigenvalue weighted by Gasteiger charge is 2.21. The van der Waals surface area contributed by atoms with Crippen LogP contribution >= 0.6 is 0 Å². The number of hydrogen-bond donors (Lipinski definition) is 3. The van der Waals surface area contributed by atoms with Gasteiger partial charge < -0.3 is 20.9 Å². The van der Waals surface area contributed by atoms with Gasteiger partial charge in [0.1, 0.15) is 5.69 Å². The topological polar surface area (TPSA) is 102 Å².